The third-order valence-electron chi connectivity index (χ3n) is 7.71. The van der Waals surface area contributed by atoms with Gasteiger partial charge >= 0.3 is 0 Å². The van der Waals surface area contributed by atoms with E-state index in [1.54, 1.807) is 0 Å². The Hall–Kier alpha value is -0.570. The fraction of sp³-hybridized carbons (Fsp3) is 0.950. The molecule has 6 rings (SSSR count). The van der Waals surface area contributed by atoms with Gasteiger partial charge in [-0.3, -0.25) is 4.79 Å². The fourth-order valence-corrected chi connectivity index (χ4v) is 6.50. The Labute approximate surface area is 140 Å². The predicted molar refractivity (Wildman–Crippen MR) is 90.9 cm³/mol. The molecule has 1 heterocycles. The van der Waals surface area contributed by atoms with Crippen molar-refractivity contribution in [3.05, 3.63) is 0 Å². The number of nitrogens with zero attached hydrogens (tertiary/aromatic N) is 1. The fourth-order valence-electron chi connectivity index (χ4n) is 6.50. The van der Waals surface area contributed by atoms with Crippen molar-refractivity contribution < 1.29 is 4.79 Å². The number of nitrogens with one attached hydrogen (secondary N) is 1. The summed E-state index contributed by atoms with van der Waals surface area (Å²) >= 11 is 0. The molecule has 3 nitrogen and oxygen atoms in total. The number of amides is 1. The minimum absolute atomic E-state index is 0.402. The summed E-state index contributed by atoms with van der Waals surface area (Å²) in [6, 6.07) is 0.665. The standard InChI is InChI=1S/C20H32N2O/c23-20(19-16-8-14-7-15(10-16)11-17(19)9-14)22-5-3-18(4-6-22)21-12-13-1-2-13/h13-19,21H,1-12H2. The van der Waals surface area contributed by atoms with Crippen LogP contribution in [0.3, 0.4) is 0 Å². The molecule has 5 saturated carbocycles. The van der Waals surface area contributed by atoms with Crippen LogP contribution in [0.4, 0.5) is 0 Å². The van der Waals surface area contributed by atoms with Crippen LogP contribution in [0.2, 0.25) is 0 Å². The zero-order chi connectivity index (χ0) is 15.4. The Bertz CT molecular complexity index is 436. The lowest BCUT2D eigenvalue weighted by atomic mass is 9.51. The molecule has 5 aliphatic carbocycles. The van der Waals surface area contributed by atoms with Gasteiger partial charge in [0.05, 0.1) is 0 Å². The highest BCUT2D eigenvalue weighted by molar-refractivity contribution is 5.80. The quantitative estimate of drug-likeness (QED) is 0.864. The molecule has 4 bridgehead atoms. The average molecular weight is 316 g/mol. The average Bonchev–Trinajstić information content (AvgIpc) is 3.36. The molecule has 0 radical (unpaired) electrons. The summed E-state index contributed by atoms with van der Waals surface area (Å²) in [5.41, 5.74) is 0. The van der Waals surface area contributed by atoms with E-state index in [2.05, 4.69) is 10.2 Å². The third kappa shape index (κ3) is 2.83. The van der Waals surface area contributed by atoms with Crippen molar-refractivity contribution in [2.45, 2.75) is 63.8 Å². The van der Waals surface area contributed by atoms with E-state index >= 15 is 0 Å². The summed E-state index contributed by atoms with van der Waals surface area (Å²) < 4.78 is 0. The molecule has 0 atom stereocenters. The van der Waals surface area contributed by atoms with E-state index in [1.165, 1.54) is 64.3 Å². The topological polar surface area (TPSA) is 32.3 Å². The molecule has 23 heavy (non-hydrogen) atoms. The van der Waals surface area contributed by atoms with Gasteiger partial charge in [-0.1, -0.05) is 0 Å². The van der Waals surface area contributed by atoms with Gasteiger partial charge in [-0.25, -0.2) is 0 Å². The van der Waals surface area contributed by atoms with Gasteiger partial charge in [0.2, 0.25) is 5.91 Å². The Morgan fingerprint density at radius 3 is 2.04 bits per heavy atom. The van der Waals surface area contributed by atoms with E-state index in [0.717, 1.165) is 42.7 Å². The van der Waals surface area contributed by atoms with Gasteiger partial charge in [-0.15, -0.1) is 0 Å². The summed E-state index contributed by atoms with van der Waals surface area (Å²) in [6.07, 6.45) is 12.1. The first-order chi connectivity index (χ1) is 11.3. The highest BCUT2D eigenvalue weighted by Crippen LogP contribution is 2.56. The van der Waals surface area contributed by atoms with Gasteiger partial charge in [-0.05, 0) is 93.9 Å². The van der Waals surface area contributed by atoms with Crippen molar-refractivity contribution in [1.29, 1.82) is 0 Å². The molecule has 0 unspecified atom stereocenters. The lowest BCUT2D eigenvalue weighted by Gasteiger charge is -2.54. The second-order valence-electron chi connectivity index (χ2n) is 9.41. The first kappa shape index (κ1) is 14.7. The van der Waals surface area contributed by atoms with Crippen molar-refractivity contribution in [1.82, 2.24) is 10.2 Å². The molecule has 3 heteroatoms. The highest BCUT2D eigenvalue weighted by Gasteiger charge is 2.51. The van der Waals surface area contributed by atoms with Gasteiger partial charge in [0.15, 0.2) is 0 Å². The van der Waals surface area contributed by atoms with Crippen molar-refractivity contribution in [2.24, 2.45) is 35.5 Å². The second-order valence-corrected chi connectivity index (χ2v) is 9.41. The van der Waals surface area contributed by atoms with Gasteiger partial charge in [0, 0.05) is 25.0 Å². The Morgan fingerprint density at radius 1 is 0.870 bits per heavy atom. The van der Waals surface area contributed by atoms with E-state index in [9.17, 15) is 4.79 Å². The van der Waals surface area contributed by atoms with Crippen LogP contribution in [0.5, 0.6) is 0 Å². The van der Waals surface area contributed by atoms with E-state index in [1.807, 2.05) is 0 Å². The number of carbonyl (C=O) groups is 1. The van der Waals surface area contributed by atoms with Gasteiger partial charge in [0.25, 0.3) is 0 Å². The van der Waals surface area contributed by atoms with Crippen molar-refractivity contribution in [3.8, 4) is 0 Å². The molecule has 1 amide bonds. The number of rotatable bonds is 4. The van der Waals surface area contributed by atoms with E-state index in [4.69, 9.17) is 0 Å². The normalized spacial score (nSPS) is 43.1. The van der Waals surface area contributed by atoms with Crippen LogP contribution in [0.15, 0.2) is 0 Å². The smallest absolute Gasteiger partial charge is 0.226 e. The zero-order valence-electron chi connectivity index (χ0n) is 14.4. The first-order valence-electron chi connectivity index (χ1n) is 10.3. The molecule has 0 aromatic rings. The molecule has 6 aliphatic rings. The maximum absolute atomic E-state index is 13.2. The lowest BCUT2D eigenvalue weighted by Crippen LogP contribution is -2.54. The number of hydrogen-bond donors (Lipinski definition) is 1. The molecule has 0 aromatic carbocycles. The number of piperidine rings is 1. The maximum atomic E-state index is 13.2. The number of carbonyl (C=O) groups excluding carboxylic acids is 1. The van der Waals surface area contributed by atoms with E-state index in [-0.39, 0.29) is 0 Å². The summed E-state index contributed by atoms with van der Waals surface area (Å²) in [7, 11) is 0. The minimum Gasteiger partial charge on any atom is -0.342 e. The number of likely N-dealkylation sites (tertiary alicyclic amines) is 1. The maximum Gasteiger partial charge on any atom is 0.226 e. The van der Waals surface area contributed by atoms with Crippen LogP contribution in [-0.4, -0.2) is 36.5 Å². The molecular formula is C20H32N2O. The lowest BCUT2D eigenvalue weighted by molar-refractivity contribution is -0.150. The Kier molecular flexibility index (Phi) is 3.69. The molecule has 6 fully saturated rings. The molecule has 128 valence electrons. The highest BCUT2D eigenvalue weighted by atomic mass is 16.2. The van der Waals surface area contributed by atoms with Gasteiger partial charge in [0.1, 0.15) is 0 Å². The zero-order valence-corrected chi connectivity index (χ0v) is 14.4. The minimum atomic E-state index is 0.402. The van der Waals surface area contributed by atoms with Crippen LogP contribution in [0.1, 0.15) is 57.8 Å². The summed E-state index contributed by atoms with van der Waals surface area (Å²) in [4.78, 5) is 15.4. The molecule has 1 saturated heterocycles. The van der Waals surface area contributed by atoms with E-state index < -0.39 is 0 Å². The van der Waals surface area contributed by atoms with Crippen LogP contribution in [0, 0.1) is 35.5 Å². The molecular weight excluding hydrogens is 284 g/mol. The van der Waals surface area contributed by atoms with Crippen LogP contribution >= 0.6 is 0 Å². The third-order valence-corrected chi connectivity index (χ3v) is 7.71. The summed E-state index contributed by atoms with van der Waals surface area (Å²) in [5.74, 6) is 5.33. The van der Waals surface area contributed by atoms with Crippen LogP contribution in [-0.2, 0) is 4.79 Å². The van der Waals surface area contributed by atoms with E-state index in [0.29, 0.717) is 17.9 Å². The largest absolute Gasteiger partial charge is 0.342 e. The molecule has 0 aromatic heterocycles. The Balaban J connectivity index is 1.17. The van der Waals surface area contributed by atoms with Crippen LogP contribution in [0.25, 0.3) is 0 Å². The van der Waals surface area contributed by atoms with Gasteiger partial charge < -0.3 is 10.2 Å². The summed E-state index contributed by atoms with van der Waals surface area (Å²) in [6.45, 7) is 3.22. The predicted octanol–water partition coefficient (Wildman–Crippen LogP) is 3.05. The Morgan fingerprint density at radius 2 is 1.48 bits per heavy atom. The monoisotopic (exact) mass is 316 g/mol. The van der Waals surface area contributed by atoms with Crippen molar-refractivity contribution in [2.75, 3.05) is 19.6 Å². The molecule has 1 N–H and O–H groups in total. The van der Waals surface area contributed by atoms with Crippen LogP contribution < -0.4 is 5.32 Å². The number of hydrogen-bond acceptors (Lipinski definition) is 2. The molecule has 1 aliphatic heterocycles. The summed E-state index contributed by atoms with van der Waals surface area (Å²) in [5, 5.41) is 3.74. The van der Waals surface area contributed by atoms with Crippen molar-refractivity contribution in [3.63, 3.8) is 0 Å². The van der Waals surface area contributed by atoms with Gasteiger partial charge in [-0.2, -0.15) is 0 Å². The first-order valence-corrected chi connectivity index (χ1v) is 10.3. The second kappa shape index (κ2) is 5.75. The van der Waals surface area contributed by atoms with Crippen molar-refractivity contribution >= 4 is 5.91 Å². The molecule has 0 spiro atoms. The SMILES string of the molecule is O=C(C1C2CC3CC(C2)CC1C3)N1CCC(NCC2CC2)CC1.